The van der Waals surface area contributed by atoms with Gasteiger partial charge in [-0.05, 0) is 37.8 Å². The van der Waals surface area contributed by atoms with Gasteiger partial charge >= 0.3 is 0 Å². The van der Waals surface area contributed by atoms with Gasteiger partial charge in [-0.25, -0.2) is 3.11 Å². The number of nitrogens with zero attached hydrogens (tertiary/aromatic N) is 3. The van der Waals surface area contributed by atoms with Gasteiger partial charge in [0.1, 0.15) is 0 Å². The summed E-state index contributed by atoms with van der Waals surface area (Å²) in [6, 6.07) is 0. The average Bonchev–Trinajstić information content (AvgIpc) is 2.49. The molecular formula is C15H29IN4O. The van der Waals surface area contributed by atoms with Crippen LogP contribution in [-0.2, 0) is 4.79 Å². The summed E-state index contributed by atoms with van der Waals surface area (Å²) in [6.07, 6.45) is 3.10. The molecule has 2 heterocycles. The molecule has 0 aliphatic carbocycles. The molecule has 1 N–H and O–H groups in total. The molecule has 0 aromatic rings. The largest absolute Gasteiger partial charge is 0.340 e. The van der Waals surface area contributed by atoms with Crippen LogP contribution in [0.3, 0.4) is 0 Å². The SMILES string of the molecule is CC(C)CN1CCC(CC(=O)N2CCN(I=N)CC2)CC1. The summed E-state index contributed by atoms with van der Waals surface area (Å²) >= 11 is -0.543. The predicted molar refractivity (Wildman–Crippen MR) is 93.5 cm³/mol. The van der Waals surface area contributed by atoms with Gasteiger partial charge in [0.05, 0.1) is 21.3 Å². The molecule has 0 aromatic heterocycles. The van der Waals surface area contributed by atoms with E-state index in [9.17, 15) is 4.79 Å². The third-order valence-corrected chi connectivity index (χ3v) is 6.14. The van der Waals surface area contributed by atoms with E-state index in [1.54, 1.807) is 0 Å². The van der Waals surface area contributed by atoms with E-state index in [0.29, 0.717) is 11.8 Å². The van der Waals surface area contributed by atoms with Crippen LogP contribution in [-0.4, -0.2) is 64.6 Å². The van der Waals surface area contributed by atoms with E-state index in [2.05, 4.69) is 21.9 Å². The first-order valence-corrected chi connectivity index (χ1v) is 10.2. The summed E-state index contributed by atoms with van der Waals surface area (Å²) in [5, 5.41) is 0. The van der Waals surface area contributed by atoms with Crippen LogP contribution in [0.25, 0.3) is 0 Å². The molecule has 2 rings (SSSR count). The van der Waals surface area contributed by atoms with Crippen LogP contribution in [0.2, 0.25) is 0 Å². The van der Waals surface area contributed by atoms with Crippen LogP contribution in [0.1, 0.15) is 33.1 Å². The van der Waals surface area contributed by atoms with Crippen LogP contribution in [0.5, 0.6) is 0 Å². The molecule has 122 valence electrons. The number of carbonyl (C=O) groups excluding carboxylic acids is 1. The van der Waals surface area contributed by atoms with Crippen molar-refractivity contribution in [2.75, 3.05) is 45.8 Å². The van der Waals surface area contributed by atoms with Crippen LogP contribution in [0.4, 0.5) is 0 Å². The Morgan fingerprint density at radius 2 is 1.76 bits per heavy atom. The summed E-state index contributed by atoms with van der Waals surface area (Å²) in [4.78, 5) is 16.9. The van der Waals surface area contributed by atoms with Crippen molar-refractivity contribution >= 4 is 27.2 Å². The highest BCUT2D eigenvalue weighted by Gasteiger charge is 2.26. The van der Waals surface area contributed by atoms with Crippen molar-refractivity contribution in [2.45, 2.75) is 33.1 Å². The zero-order chi connectivity index (χ0) is 15.2. The summed E-state index contributed by atoms with van der Waals surface area (Å²) in [6.45, 7) is 11.6. The fourth-order valence-electron chi connectivity index (χ4n) is 3.28. The Labute approximate surface area is 139 Å². The normalized spacial score (nSPS) is 22.9. The van der Waals surface area contributed by atoms with Crippen molar-refractivity contribution < 1.29 is 4.79 Å². The number of likely N-dealkylation sites (tertiary alicyclic amines) is 1. The number of hydrogen-bond donors (Lipinski definition) is 1. The van der Waals surface area contributed by atoms with Crippen molar-refractivity contribution in [1.82, 2.24) is 12.9 Å². The minimum absolute atomic E-state index is 0.347. The number of halogens is 1. The molecule has 2 aliphatic heterocycles. The van der Waals surface area contributed by atoms with Crippen LogP contribution >= 0.6 is 21.3 Å². The monoisotopic (exact) mass is 408 g/mol. The smallest absolute Gasteiger partial charge is 0.222 e. The van der Waals surface area contributed by atoms with Gasteiger partial charge < -0.3 is 9.80 Å². The lowest BCUT2D eigenvalue weighted by atomic mass is 9.92. The minimum Gasteiger partial charge on any atom is -0.340 e. The van der Waals surface area contributed by atoms with Gasteiger partial charge in [-0.3, -0.25) is 8.36 Å². The van der Waals surface area contributed by atoms with E-state index < -0.39 is 21.3 Å². The second-order valence-corrected chi connectivity index (χ2v) is 8.56. The van der Waals surface area contributed by atoms with E-state index in [1.807, 2.05) is 4.90 Å². The predicted octanol–water partition coefficient (Wildman–Crippen LogP) is 2.54. The van der Waals surface area contributed by atoms with Gasteiger partial charge in [0.25, 0.3) is 0 Å². The maximum absolute atomic E-state index is 12.4. The molecule has 5 nitrogen and oxygen atoms in total. The number of piperidine rings is 1. The molecule has 0 bridgehead atoms. The van der Waals surface area contributed by atoms with E-state index in [-0.39, 0.29) is 0 Å². The van der Waals surface area contributed by atoms with Gasteiger partial charge in [-0.15, -0.1) is 0 Å². The number of nitrogens with one attached hydrogen (secondary N) is 1. The topological polar surface area (TPSA) is 50.6 Å². The highest BCUT2D eigenvalue weighted by atomic mass is 127. The molecule has 21 heavy (non-hydrogen) atoms. The highest BCUT2D eigenvalue weighted by Crippen LogP contribution is 2.22. The molecule has 1 amide bonds. The zero-order valence-electron chi connectivity index (χ0n) is 13.4. The maximum Gasteiger partial charge on any atom is 0.222 e. The lowest BCUT2D eigenvalue weighted by Gasteiger charge is -2.35. The van der Waals surface area contributed by atoms with Crippen molar-refractivity contribution in [3.05, 3.63) is 0 Å². The van der Waals surface area contributed by atoms with E-state index in [4.69, 9.17) is 3.56 Å². The number of amides is 1. The van der Waals surface area contributed by atoms with Crippen LogP contribution in [0.15, 0.2) is 0 Å². The van der Waals surface area contributed by atoms with Crippen molar-refractivity contribution in [2.24, 2.45) is 11.8 Å². The molecule has 2 saturated heterocycles. The van der Waals surface area contributed by atoms with Crippen LogP contribution in [0, 0.1) is 15.4 Å². The molecule has 2 aliphatic rings. The molecule has 0 aromatic carbocycles. The van der Waals surface area contributed by atoms with Gasteiger partial charge in [-0.2, -0.15) is 0 Å². The molecular weight excluding hydrogens is 379 g/mol. The number of carbonyl (C=O) groups is 1. The molecule has 0 unspecified atom stereocenters. The van der Waals surface area contributed by atoms with Gasteiger partial charge in [-0.1, -0.05) is 13.8 Å². The first-order chi connectivity index (χ1) is 10.1. The molecule has 0 saturated carbocycles. The lowest BCUT2D eigenvalue weighted by molar-refractivity contribution is -0.133. The number of hydrogen-bond acceptors (Lipinski definition) is 3. The van der Waals surface area contributed by atoms with E-state index in [1.165, 1.54) is 19.4 Å². The highest BCUT2D eigenvalue weighted by molar-refractivity contribution is 14.1. The second-order valence-electron chi connectivity index (χ2n) is 6.72. The quantitative estimate of drug-likeness (QED) is 0.562. The fourth-order valence-corrected chi connectivity index (χ4v) is 4.20. The Morgan fingerprint density at radius 1 is 1.14 bits per heavy atom. The minimum atomic E-state index is -0.543. The maximum atomic E-state index is 12.4. The van der Waals surface area contributed by atoms with Crippen molar-refractivity contribution in [3.8, 4) is 0 Å². The molecule has 0 radical (unpaired) electrons. The van der Waals surface area contributed by atoms with Crippen molar-refractivity contribution in [1.29, 1.82) is 3.56 Å². The molecule has 0 atom stereocenters. The van der Waals surface area contributed by atoms with Crippen molar-refractivity contribution in [3.63, 3.8) is 0 Å². The summed E-state index contributed by atoms with van der Waals surface area (Å²) < 4.78 is 9.67. The fraction of sp³-hybridized carbons (Fsp3) is 0.933. The average molecular weight is 408 g/mol. The standard InChI is InChI=1S/C15H29IN4O/c1-13(2)12-18-5-3-14(4-6-18)11-15(21)19-7-9-20(16-17)10-8-19/h13-14,17H,3-12H2,1-2H3. The zero-order valence-corrected chi connectivity index (χ0v) is 15.5. The molecule has 6 heteroatoms. The summed E-state index contributed by atoms with van der Waals surface area (Å²) in [5.74, 6) is 1.67. The third-order valence-electron chi connectivity index (χ3n) is 4.49. The van der Waals surface area contributed by atoms with E-state index >= 15 is 0 Å². The Bertz CT molecular complexity index is 348. The first kappa shape index (κ1) is 17.3. The Kier molecular flexibility index (Phi) is 7.01. The number of rotatable bonds is 5. The third kappa shape index (κ3) is 5.56. The van der Waals surface area contributed by atoms with E-state index in [0.717, 1.165) is 51.6 Å². The van der Waals surface area contributed by atoms with Gasteiger partial charge in [0.15, 0.2) is 0 Å². The number of piperazine rings is 1. The molecule has 2 fully saturated rings. The summed E-state index contributed by atoms with van der Waals surface area (Å²) in [5.41, 5.74) is 0. The molecule has 0 spiro atoms. The van der Waals surface area contributed by atoms with Crippen LogP contribution < -0.4 is 0 Å². The Hall–Kier alpha value is -0.0800. The first-order valence-electron chi connectivity index (χ1n) is 8.14. The lowest BCUT2D eigenvalue weighted by Crippen LogP contribution is -2.46. The summed E-state index contributed by atoms with van der Waals surface area (Å²) in [7, 11) is 0. The Morgan fingerprint density at radius 3 is 2.29 bits per heavy atom. The van der Waals surface area contributed by atoms with Gasteiger partial charge in [0.2, 0.25) is 5.91 Å². The Balaban J connectivity index is 1.68. The van der Waals surface area contributed by atoms with Gasteiger partial charge in [0, 0.05) is 39.1 Å². The second kappa shape index (κ2) is 8.53.